The average molecular weight is 294 g/mol. The van der Waals surface area contributed by atoms with E-state index in [4.69, 9.17) is 4.52 Å². The van der Waals surface area contributed by atoms with Gasteiger partial charge in [-0.05, 0) is 7.05 Å². The smallest absolute Gasteiger partial charge is 0.332 e. The number of nitrogens with one attached hydrogen (secondary N) is 1. The van der Waals surface area contributed by atoms with E-state index in [9.17, 15) is 8.78 Å². The van der Waals surface area contributed by atoms with Crippen molar-refractivity contribution in [1.82, 2.24) is 20.4 Å². The van der Waals surface area contributed by atoms with Crippen molar-refractivity contribution in [3.8, 4) is 0 Å². The van der Waals surface area contributed by atoms with E-state index in [0.717, 1.165) is 13.1 Å². The molecule has 1 aliphatic rings. The van der Waals surface area contributed by atoms with Gasteiger partial charge >= 0.3 is 11.8 Å². The fourth-order valence-corrected chi connectivity index (χ4v) is 2.36. The van der Waals surface area contributed by atoms with Crippen LogP contribution in [-0.4, -0.2) is 41.7 Å². The largest absolute Gasteiger partial charge is 0.350 e. The molecule has 1 atom stereocenters. The van der Waals surface area contributed by atoms with E-state index in [1.54, 1.807) is 18.2 Å². The second kappa shape index (κ2) is 5.50. The number of alkyl halides is 2. The molecule has 2 heterocycles. The number of rotatable bonds is 3. The second-order valence-electron chi connectivity index (χ2n) is 5.10. The first-order valence-corrected chi connectivity index (χ1v) is 6.77. The molecule has 5 nitrogen and oxygen atoms in total. The predicted octanol–water partition coefficient (Wildman–Crippen LogP) is 1.79. The summed E-state index contributed by atoms with van der Waals surface area (Å²) in [6, 6.07) is 7.33. The van der Waals surface area contributed by atoms with Gasteiger partial charge in [-0.3, -0.25) is 4.90 Å². The first-order valence-electron chi connectivity index (χ1n) is 6.77. The Morgan fingerprint density at radius 2 is 2.10 bits per heavy atom. The minimum absolute atomic E-state index is 0.150. The van der Waals surface area contributed by atoms with E-state index in [2.05, 4.69) is 15.5 Å². The number of benzene rings is 1. The van der Waals surface area contributed by atoms with Crippen LogP contribution in [0.1, 0.15) is 23.3 Å². The van der Waals surface area contributed by atoms with Gasteiger partial charge in [0, 0.05) is 25.2 Å². The highest BCUT2D eigenvalue weighted by atomic mass is 19.3. The minimum Gasteiger partial charge on any atom is -0.332 e. The number of nitrogens with zero attached hydrogens (tertiary/aromatic N) is 3. The highest BCUT2D eigenvalue weighted by Crippen LogP contribution is 2.35. The molecule has 1 aliphatic heterocycles. The van der Waals surface area contributed by atoms with Crippen LogP contribution >= 0.6 is 0 Å². The van der Waals surface area contributed by atoms with E-state index < -0.39 is 11.8 Å². The molecule has 1 N–H and O–H groups in total. The fraction of sp³-hybridized carbons (Fsp3) is 0.429. The first-order chi connectivity index (χ1) is 10.1. The molecular formula is C14H16F2N4O. The van der Waals surface area contributed by atoms with E-state index in [0.29, 0.717) is 6.54 Å². The summed E-state index contributed by atoms with van der Waals surface area (Å²) >= 11 is 0. The molecule has 0 amide bonds. The summed E-state index contributed by atoms with van der Waals surface area (Å²) in [6.45, 7) is 2.29. The van der Waals surface area contributed by atoms with E-state index >= 15 is 0 Å². The van der Waals surface area contributed by atoms with Gasteiger partial charge in [-0.25, -0.2) is 0 Å². The molecule has 21 heavy (non-hydrogen) atoms. The molecule has 0 aliphatic carbocycles. The van der Waals surface area contributed by atoms with Crippen LogP contribution in [0.2, 0.25) is 0 Å². The number of hydrogen-bond donors (Lipinski definition) is 1. The number of hydrogen-bond acceptors (Lipinski definition) is 5. The van der Waals surface area contributed by atoms with Crippen molar-refractivity contribution >= 4 is 0 Å². The van der Waals surface area contributed by atoms with Gasteiger partial charge in [0.25, 0.3) is 0 Å². The van der Waals surface area contributed by atoms with Crippen molar-refractivity contribution in [1.29, 1.82) is 0 Å². The van der Waals surface area contributed by atoms with Crippen molar-refractivity contribution in [2.45, 2.75) is 12.0 Å². The molecule has 2 aromatic rings. The molecule has 7 heteroatoms. The zero-order valence-corrected chi connectivity index (χ0v) is 11.6. The summed E-state index contributed by atoms with van der Waals surface area (Å²) in [5, 5.41) is 6.93. The third-order valence-electron chi connectivity index (χ3n) is 3.66. The zero-order valence-electron chi connectivity index (χ0n) is 11.6. The van der Waals surface area contributed by atoms with Crippen molar-refractivity contribution in [2.75, 3.05) is 26.7 Å². The lowest BCUT2D eigenvalue weighted by molar-refractivity contribution is 0.00761. The van der Waals surface area contributed by atoms with Gasteiger partial charge in [-0.1, -0.05) is 35.5 Å². The molecule has 0 saturated carbocycles. The minimum atomic E-state index is -3.28. The van der Waals surface area contributed by atoms with Crippen LogP contribution in [0.25, 0.3) is 0 Å². The predicted molar refractivity (Wildman–Crippen MR) is 72.0 cm³/mol. The number of piperazine rings is 1. The maximum atomic E-state index is 14.3. The normalized spacial score (nSPS) is 20.6. The average Bonchev–Trinajstić information content (AvgIpc) is 2.99. The van der Waals surface area contributed by atoms with Crippen LogP contribution in [-0.2, 0) is 5.92 Å². The summed E-state index contributed by atoms with van der Waals surface area (Å²) in [5.74, 6) is -3.66. The lowest BCUT2D eigenvalue weighted by Gasteiger charge is -2.30. The highest BCUT2D eigenvalue weighted by Gasteiger charge is 2.41. The molecule has 0 spiro atoms. The van der Waals surface area contributed by atoms with Crippen LogP contribution in [0.15, 0.2) is 34.9 Å². The number of halogens is 2. The monoisotopic (exact) mass is 294 g/mol. The Morgan fingerprint density at radius 1 is 1.33 bits per heavy atom. The molecule has 1 aromatic carbocycles. The Kier molecular flexibility index (Phi) is 3.69. The zero-order chi connectivity index (χ0) is 14.9. The summed E-state index contributed by atoms with van der Waals surface area (Å²) in [7, 11) is 1.91. The molecular weight excluding hydrogens is 278 g/mol. The Labute approximate surface area is 120 Å². The third-order valence-corrected chi connectivity index (χ3v) is 3.66. The van der Waals surface area contributed by atoms with Gasteiger partial charge in [0.15, 0.2) is 5.82 Å². The fourth-order valence-electron chi connectivity index (χ4n) is 2.36. The number of likely N-dealkylation sites (N-methyl/N-ethyl adjacent to an activating group) is 1. The molecule has 0 bridgehead atoms. The Balaban J connectivity index is 1.87. The van der Waals surface area contributed by atoms with Crippen LogP contribution < -0.4 is 5.32 Å². The van der Waals surface area contributed by atoms with E-state index in [-0.39, 0.29) is 17.4 Å². The van der Waals surface area contributed by atoms with Crippen molar-refractivity contribution in [3.05, 3.63) is 47.6 Å². The van der Waals surface area contributed by atoms with Gasteiger partial charge < -0.3 is 9.84 Å². The maximum absolute atomic E-state index is 14.3. The van der Waals surface area contributed by atoms with Gasteiger partial charge in [0.05, 0.1) is 6.04 Å². The van der Waals surface area contributed by atoms with Crippen molar-refractivity contribution < 1.29 is 13.3 Å². The Morgan fingerprint density at radius 3 is 2.81 bits per heavy atom. The highest BCUT2D eigenvalue weighted by molar-refractivity contribution is 5.25. The summed E-state index contributed by atoms with van der Waals surface area (Å²) in [5.41, 5.74) is -0.157. The molecule has 3 rings (SSSR count). The topological polar surface area (TPSA) is 54.2 Å². The summed E-state index contributed by atoms with van der Waals surface area (Å²) < 4.78 is 33.5. The standard InChI is InChI=1S/C14H16F2N4O/c1-20-8-7-17-9-11(20)12-18-13(21-19-12)14(15,16)10-5-3-2-4-6-10/h2-6,11,17H,7-9H2,1H3. The molecule has 1 unspecified atom stereocenters. The lowest BCUT2D eigenvalue weighted by Crippen LogP contribution is -2.44. The van der Waals surface area contributed by atoms with Gasteiger partial charge in [-0.15, -0.1) is 0 Å². The molecule has 0 radical (unpaired) electrons. The molecule has 112 valence electrons. The van der Waals surface area contributed by atoms with E-state index in [1.807, 2.05) is 11.9 Å². The molecule has 1 fully saturated rings. The van der Waals surface area contributed by atoms with Gasteiger partial charge in [0.1, 0.15) is 0 Å². The van der Waals surface area contributed by atoms with Crippen molar-refractivity contribution in [3.63, 3.8) is 0 Å². The van der Waals surface area contributed by atoms with Crippen LogP contribution in [0.4, 0.5) is 8.78 Å². The van der Waals surface area contributed by atoms with Gasteiger partial charge in [0.2, 0.25) is 0 Å². The quantitative estimate of drug-likeness (QED) is 0.935. The van der Waals surface area contributed by atoms with Gasteiger partial charge in [-0.2, -0.15) is 13.8 Å². The van der Waals surface area contributed by atoms with Crippen molar-refractivity contribution in [2.24, 2.45) is 0 Å². The second-order valence-corrected chi connectivity index (χ2v) is 5.10. The molecule has 1 saturated heterocycles. The van der Waals surface area contributed by atoms with E-state index in [1.165, 1.54) is 12.1 Å². The lowest BCUT2D eigenvalue weighted by atomic mass is 10.1. The Bertz CT molecular complexity index is 602. The molecule has 1 aromatic heterocycles. The Hall–Kier alpha value is -1.86. The summed E-state index contributed by atoms with van der Waals surface area (Å²) in [4.78, 5) is 5.94. The number of aromatic nitrogens is 2. The van der Waals surface area contributed by atoms with Crippen LogP contribution in [0, 0.1) is 0 Å². The third kappa shape index (κ3) is 2.66. The summed E-state index contributed by atoms with van der Waals surface area (Å²) in [6.07, 6.45) is 0. The van der Waals surface area contributed by atoms with Crippen LogP contribution in [0.3, 0.4) is 0 Å². The maximum Gasteiger partial charge on any atom is 0.350 e. The first kappa shape index (κ1) is 14.1. The van der Waals surface area contributed by atoms with Crippen LogP contribution in [0.5, 0.6) is 0 Å². The SMILES string of the molecule is CN1CCNCC1c1noc(C(F)(F)c2ccccc2)n1.